The van der Waals surface area contributed by atoms with Gasteiger partial charge in [0.25, 0.3) is 11.8 Å². The number of pyridine rings is 1. The molecule has 0 bridgehead atoms. The summed E-state index contributed by atoms with van der Waals surface area (Å²) in [4.78, 5) is 28.6. The second kappa shape index (κ2) is 8.95. The van der Waals surface area contributed by atoms with E-state index >= 15 is 0 Å². The van der Waals surface area contributed by atoms with E-state index in [0.29, 0.717) is 11.6 Å². The van der Waals surface area contributed by atoms with E-state index in [-0.39, 0.29) is 21.8 Å². The zero-order chi connectivity index (χ0) is 23.6. The predicted molar refractivity (Wildman–Crippen MR) is 108 cm³/mol. The average molecular weight is 470 g/mol. The van der Waals surface area contributed by atoms with Crippen molar-refractivity contribution in [2.24, 2.45) is 0 Å². The van der Waals surface area contributed by atoms with E-state index in [1.54, 1.807) is 6.92 Å². The van der Waals surface area contributed by atoms with Crippen LogP contribution in [0.25, 0.3) is 0 Å². The lowest BCUT2D eigenvalue weighted by molar-refractivity contribution is -0.141. The zero-order valence-electron chi connectivity index (χ0n) is 16.7. The van der Waals surface area contributed by atoms with Gasteiger partial charge in [0.1, 0.15) is 5.69 Å². The zero-order valence-corrected chi connectivity index (χ0v) is 17.5. The molecule has 12 heteroatoms. The first-order valence-electron chi connectivity index (χ1n) is 9.09. The Kier molecular flexibility index (Phi) is 6.49. The van der Waals surface area contributed by atoms with Gasteiger partial charge in [-0.2, -0.15) is 22.7 Å². The van der Waals surface area contributed by atoms with Gasteiger partial charge in [0.05, 0.1) is 17.8 Å². The Balaban J connectivity index is 2.04. The SMILES string of the molecule is CNC(=O)c1cc(Cl)cc(C)c1NC(=O)c1cc(C(F)(F)F)nn1Cc1cccnc1F. The van der Waals surface area contributed by atoms with Gasteiger partial charge in [0, 0.05) is 29.9 Å². The summed E-state index contributed by atoms with van der Waals surface area (Å²) in [6, 6.07) is 6.05. The standard InChI is InChI=1S/C20H16ClF4N5O2/c1-10-6-12(21)7-13(18(31)26-2)16(10)28-19(32)14-8-15(20(23,24)25)29-30(14)9-11-4-3-5-27-17(11)22/h3-8H,9H2,1-2H3,(H,26,31)(H,28,32). The molecule has 0 atom stereocenters. The maximum absolute atomic E-state index is 13.9. The Morgan fingerprint density at radius 3 is 2.53 bits per heavy atom. The number of aromatic nitrogens is 3. The highest BCUT2D eigenvalue weighted by atomic mass is 35.5. The number of rotatable bonds is 5. The van der Waals surface area contributed by atoms with Crippen molar-refractivity contribution in [1.82, 2.24) is 20.1 Å². The van der Waals surface area contributed by atoms with E-state index in [1.165, 1.54) is 37.5 Å². The molecule has 2 amide bonds. The van der Waals surface area contributed by atoms with Gasteiger partial charge < -0.3 is 10.6 Å². The number of hydrogen-bond acceptors (Lipinski definition) is 4. The average Bonchev–Trinajstić information content (AvgIpc) is 3.15. The van der Waals surface area contributed by atoms with E-state index in [2.05, 4.69) is 20.7 Å². The molecule has 7 nitrogen and oxygen atoms in total. The van der Waals surface area contributed by atoms with Crippen LogP contribution in [-0.2, 0) is 12.7 Å². The van der Waals surface area contributed by atoms with Crippen LogP contribution in [0.5, 0.6) is 0 Å². The summed E-state index contributed by atoms with van der Waals surface area (Å²) in [5, 5.41) is 8.51. The van der Waals surface area contributed by atoms with Crippen LogP contribution in [0.1, 0.15) is 37.7 Å². The maximum Gasteiger partial charge on any atom is 0.435 e. The lowest BCUT2D eigenvalue weighted by Gasteiger charge is -2.14. The molecule has 32 heavy (non-hydrogen) atoms. The smallest absolute Gasteiger partial charge is 0.355 e. The van der Waals surface area contributed by atoms with E-state index in [9.17, 15) is 27.2 Å². The van der Waals surface area contributed by atoms with Crippen LogP contribution < -0.4 is 10.6 Å². The lowest BCUT2D eigenvalue weighted by atomic mass is 10.1. The molecule has 168 valence electrons. The fourth-order valence-corrected chi connectivity index (χ4v) is 3.23. The third kappa shape index (κ3) is 4.88. The maximum atomic E-state index is 13.9. The fraction of sp³-hybridized carbons (Fsp3) is 0.200. The number of carbonyl (C=O) groups is 2. The quantitative estimate of drug-likeness (QED) is 0.436. The van der Waals surface area contributed by atoms with Crippen molar-refractivity contribution in [3.8, 4) is 0 Å². The van der Waals surface area contributed by atoms with E-state index in [0.717, 1.165) is 4.68 Å². The number of anilines is 1. The molecule has 0 spiro atoms. The van der Waals surface area contributed by atoms with Crippen LogP contribution in [0.3, 0.4) is 0 Å². The highest BCUT2D eigenvalue weighted by Gasteiger charge is 2.36. The largest absolute Gasteiger partial charge is 0.435 e. The summed E-state index contributed by atoms with van der Waals surface area (Å²) in [6.45, 7) is 1.10. The van der Waals surface area contributed by atoms with Gasteiger partial charge in [0.2, 0.25) is 5.95 Å². The van der Waals surface area contributed by atoms with Crippen LogP contribution in [0.15, 0.2) is 36.5 Å². The third-order valence-corrected chi connectivity index (χ3v) is 4.69. The summed E-state index contributed by atoms with van der Waals surface area (Å²) in [5.41, 5.74) is -1.39. The molecule has 0 fully saturated rings. The number of alkyl halides is 3. The molecular weight excluding hydrogens is 454 g/mol. The van der Waals surface area contributed by atoms with Crippen molar-refractivity contribution in [1.29, 1.82) is 0 Å². The normalized spacial score (nSPS) is 11.3. The van der Waals surface area contributed by atoms with Gasteiger partial charge in [-0.3, -0.25) is 14.3 Å². The van der Waals surface area contributed by atoms with Gasteiger partial charge >= 0.3 is 6.18 Å². The van der Waals surface area contributed by atoms with Gasteiger partial charge in [-0.25, -0.2) is 4.98 Å². The molecule has 0 saturated heterocycles. The van der Waals surface area contributed by atoms with Gasteiger partial charge in [0.15, 0.2) is 5.69 Å². The molecule has 0 aliphatic heterocycles. The molecule has 2 N–H and O–H groups in total. The number of benzene rings is 1. The number of carbonyl (C=O) groups excluding carboxylic acids is 2. The molecule has 0 unspecified atom stereocenters. The third-order valence-electron chi connectivity index (χ3n) is 4.47. The number of nitrogens with one attached hydrogen (secondary N) is 2. The second-order valence-electron chi connectivity index (χ2n) is 6.70. The van der Waals surface area contributed by atoms with Crippen molar-refractivity contribution < 1.29 is 27.2 Å². The molecule has 3 rings (SSSR count). The number of amides is 2. The highest BCUT2D eigenvalue weighted by molar-refractivity contribution is 6.31. The lowest BCUT2D eigenvalue weighted by Crippen LogP contribution is -2.24. The molecule has 0 aliphatic carbocycles. The van der Waals surface area contributed by atoms with Gasteiger partial charge in [-0.15, -0.1) is 0 Å². The van der Waals surface area contributed by atoms with Gasteiger partial charge in [-0.1, -0.05) is 17.7 Å². The second-order valence-corrected chi connectivity index (χ2v) is 7.14. The Bertz CT molecular complexity index is 1190. The fourth-order valence-electron chi connectivity index (χ4n) is 2.96. The summed E-state index contributed by atoms with van der Waals surface area (Å²) in [7, 11) is 1.37. The minimum absolute atomic E-state index is 0.0197. The van der Waals surface area contributed by atoms with Crippen molar-refractivity contribution >= 4 is 29.1 Å². The summed E-state index contributed by atoms with van der Waals surface area (Å²) >= 11 is 5.99. The van der Waals surface area contributed by atoms with Crippen LogP contribution in [0.4, 0.5) is 23.2 Å². The molecule has 2 aromatic heterocycles. The Labute approximate surface area is 184 Å². The molecule has 0 aliphatic rings. The molecule has 1 aromatic carbocycles. The van der Waals surface area contributed by atoms with Crippen molar-refractivity contribution in [2.75, 3.05) is 12.4 Å². The van der Waals surface area contributed by atoms with Gasteiger partial charge in [-0.05, 0) is 30.7 Å². The van der Waals surface area contributed by atoms with Crippen molar-refractivity contribution in [3.63, 3.8) is 0 Å². The van der Waals surface area contributed by atoms with E-state index in [4.69, 9.17) is 11.6 Å². The first-order valence-corrected chi connectivity index (χ1v) is 9.47. The Morgan fingerprint density at radius 2 is 1.91 bits per heavy atom. The topological polar surface area (TPSA) is 88.9 Å². The molecule has 2 heterocycles. The monoisotopic (exact) mass is 469 g/mol. The highest BCUT2D eigenvalue weighted by Crippen LogP contribution is 2.30. The first-order chi connectivity index (χ1) is 15.0. The van der Waals surface area contributed by atoms with Crippen LogP contribution in [-0.4, -0.2) is 33.6 Å². The minimum Gasteiger partial charge on any atom is -0.355 e. The number of aryl methyl sites for hydroxylation is 1. The van der Waals surface area contributed by atoms with Crippen LogP contribution in [0.2, 0.25) is 5.02 Å². The minimum atomic E-state index is -4.84. The molecule has 0 saturated carbocycles. The predicted octanol–water partition coefficient (Wildman–Crippen LogP) is 4.06. The number of hydrogen-bond donors (Lipinski definition) is 2. The van der Waals surface area contributed by atoms with Crippen molar-refractivity contribution in [2.45, 2.75) is 19.6 Å². The van der Waals surface area contributed by atoms with Crippen LogP contribution >= 0.6 is 11.6 Å². The summed E-state index contributed by atoms with van der Waals surface area (Å²) < 4.78 is 54.4. The Morgan fingerprint density at radius 1 is 1.19 bits per heavy atom. The van der Waals surface area contributed by atoms with Crippen molar-refractivity contribution in [3.05, 3.63) is 75.6 Å². The molecule has 0 radical (unpaired) electrons. The van der Waals surface area contributed by atoms with E-state index < -0.39 is 41.9 Å². The molecule has 3 aromatic rings. The summed E-state index contributed by atoms with van der Waals surface area (Å²) in [5.74, 6) is -2.45. The summed E-state index contributed by atoms with van der Waals surface area (Å²) in [6.07, 6.45) is -3.66. The first kappa shape index (κ1) is 23.2. The molecular formula is C20H16ClF4N5O2. The van der Waals surface area contributed by atoms with E-state index in [1.807, 2.05) is 0 Å². The number of nitrogens with zero attached hydrogens (tertiary/aromatic N) is 3. The van der Waals surface area contributed by atoms with Crippen LogP contribution in [0, 0.1) is 12.9 Å². The Hall–Kier alpha value is -3.47. The number of halogens is 5.